The molecule has 0 aromatic heterocycles. The van der Waals surface area contributed by atoms with Crippen LogP contribution >= 0.6 is 0 Å². The van der Waals surface area contributed by atoms with Crippen molar-refractivity contribution in [2.75, 3.05) is 0 Å². The minimum absolute atomic E-state index is 0.323. The van der Waals surface area contributed by atoms with E-state index in [0.29, 0.717) is 6.07 Å². The molecule has 1 rings (SSSR count). The Morgan fingerprint density at radius 2 is 1.90 bits per heavy atom. The van der Waals surface area contributed by atoms with E-state index in [1.54, 1.807) is 0 Å². The first-order valence-electron chi connectivity index (χ1n) is 5.55. The molecule has 1 amide bonds. The summed E-state index contributed by atoms with van der Waals surface area (Å²) in [5, 5.41) is 28.4. The second kappa shape index (κ2) is 6.50. The zero-order chi connectivity index (χ0) is 15.3. The molecule has 0 saturated heterocycles. The molecule has 0 heterocycles. The summed E-state index contributed by atoms with van der Waals surface area (Å²) in [6.45, 7) is 0. The van der Waals surface area contributed by atoms with Crippen LogP contribution in [0.3, 0.4) is 0 Å². The Morgan fingerprint density at radius 3 is 2.40 bits per heavy atom. The molecule has 1 aromatic rings. The highest BCUT2D eigenvalue weighted by molar-refractivity contribution is 5.97. The molecule has 0 fully saturated rings. The lowest BCUT2D eigenvalue weighted by atomic mass is 10.1. The van der Waals surface area contributed by atoms with Gasteiger partial charge in [0.25, 0.3) is 5.91 Å². The van der Waals surface area contributed by atoms with E-state index in [1.807, 2.05) is 5.32 Å². The minimum atomic E-state index is -1.44. The van der Waals surface area contributed by atoms with Crippen molar-refractivity contribution in [1.29, 1.82) is 0 Å². The van der Waals surface area contributed by atoms with E-state index in [2.05, 4.69) is 0 Å². The number of hydrogen-bond acceptors (Lipinski definition) is 4. The first-order chi connectivity index (χ1) is 9.31. The van der Waals surface area contributed by atoms with E-state index < -0.39 is 41.7 Å². The van der Waals surface area contributed by atoms with Gasteiger partial charge in [-0.3, -0.25) is 9.59 Å². The number of nitrogens with one attached hydrogen (secondary N) is 1. The monoisotopic (exact) mass is 285 g/mol. The highest BCUT2D eigenvalue weighted by Crippen LogP contribution is 2.15. The molecule has 0 bridgehead atoms. The predicted octanol–water partition coefficient (Wildman–Crippen LogP) is 0.579. The van der Waals surface area contributed by atoms with Crippen LogP contribution in [0.15, 0.2) is 18.2 Å². The molecule has 0 radical (unpaired) electrons. The zero-order valence-corrected chi connectivity index (χ0v) is 10.2. The summed E-state index contributed by atoms with van der Waals surface area (Å²) in [6, 6.07) is 1.34. The van der Waals surface area contributed by atoms with Gasteiger partial charge in [0.05, 0.1) is 5.56 Å². The largest absolute Gasteiger partial charge is 0.508 e. The number of carbonyl (C=O) groups is 3. The first-order valence-corrected chi connectivity index (χ1v) is 5.55. The second-order valence-electron chi connectivity index (χ2n) is 3.96. The van der Waals surface area contributed by atoms with E-state index in [-0.39, 0.29) is 12.2 Å². The van der Waals surface area contributed by atoms with Gasteiger partial charge in [-0.05, 0) is 18.6 Å². The van der Waals surface area contributed by atoms with Crippen molar-refractivity contribution in [3.8, 4) is 5.75 Å². The number of carbonyl (C=O) groups excluding carboxylic acids is 1. The first kappa shape index (κ1) is 15.4. The maximum absolute atomic E-state index is 13.4. The molecule has 1 atom stereocenters. The van der Waals surface area contributed by atoms with Crippen LogP contribution in [0.4, 0.5) is 4.39 Å². The number of phenolic OH excluding ortho intramolecular Hbond substituents is 1. The lowest BCUT2D eigenvalue weighted by molar-refractivity contribution is -0.140. The van der Waals surface area contributed by atoms with E-state index in [4.69, 9.17) is 15.3 Å². The number of amides is 1. The fourth-order valence-electron chi connectivity index (χ4n) is 1.45. The van der Waals surface area contributed by atoms with Crippen molar-refractivity contribution in [1.82, 2.24) is 5.32 Å². The Labute approximate surface area is 112 Å². The average molecular weight is 285 g/mol. The number of halogens is 1. The maximum Gasteiger partial charge on any atom is 0.326 e. The van der Waals surface area contributed by atoms with Crippen LogP contribution in [-0.2, 0) is 9.59 Å². The molecule has 0 aliphatic rings. The number of hydrogen-bond donors (Lipinski definition) is 4. The summed E-state index contributed by atoms with van der Waals surface area (Å²) in [4.78, 5) is 32.9. The number of phenols is 1. The van der Waals surface area contributed by atoms with Crippen LogP contribution in [0.25, 0.3) is 0 Å². The average Bonchev–Trinajstić information content (AvgIpc) is 2.33. The molecule has 1 aromatic carbocycles. The van der Waals surface area contributed by atoms with Crippen molar-refractivity contribution in [2.45, 2.75) is 18.9 Å². The SMILES string of the molecule is O=C(O)CC[C@H](NC(=O)c1ccc(O)cc1F)C(=O)O. The molecule has 0 unspecified atom stereocenters. The lowest BCUT2D eigenvalue weighted by Gasteiger charge is -2.13. The quantitative estimate of drug-likeness (QED) is 0.606. The molecular formula is C12H12FNO6. The van der Waals surface area contributed by atoms with Gasteiger partial charge >= 0.3 is 11.9 Å². The smallest absolute Gasteiger partial charge is 0.326 e. The number of aliphatic carboxylic acids is 2. The second-order valence-corrected chi connectivity index (χ2v) is 3.96. The number of rotatable bonds is 6. The van der Waals surface area contributed by atoms with Crippen LogP contribution < -0.4 is 5.32 Å². The van der Waals surface area contributed by atoms with E-state index in [0.717, 1.165) is 12.1 Å². The molecule has 108 valence electrons. The fraction of sp³-hybridized carbons (Fsp3) is 0.250. The summed E-state index contributed by atoms with van der Waals surface area (Å²) in [7, 11) is 0. The number of benzene rings is 1. The molecule has 0 aliphatic heterocycles. The van der Waals surface area contributed by atoms with Gasteiger partial charge in [-0.15, -0.1) is 0 Å². The van der Waals surface area contributed by atoms with Gasteiger partial charge in [0.15, 0.2) is 0 Å². The molecular weight excluding hydrogens is 273 g/mol. The van der Waals surface area contributed by atoms with Crippen LogP contribution in [-0.4, -0.2) is 39.2 Å². The van der Waals surface area contributed by atoms with Gasteiger partial charge in [-0.1, -0.05) is 0 Å². The van der Waals surface area contributed by atoms with Gasteiger partial charge in [0.2, 0.25) is 0 Å². The van der Waals surface area contributed by atoms with Crippen LogP contribution in [0.2, 0.25) is 0 Å². The maximum atomic E-state index is 13.4. The molecule has 4 N–H and O–H groups in total. The van der Waals surface area contributed by atoms with Gasteiger partial charge in [-0.2, -0.15) is 0 Å². The summed E-state index contributed by atoms with van der Waals surface area (Å²) in [5.41, 5.74) is -0.440. The van der Waals surface area contributed by atoms with Crippen LogP contribution in [0.5, 0.6) is 5.75 Å². The van der Waals surface area contributed by atoms with E-state index in [9.17, 15) is 18.8 Å². The summed E-state index contributed by atoms with van der Waals surface area (Å²) in [6.07, 6.45) is -0.772. The number of aromatic hydroxyl groups is 1. The number of carboxylic acid groups (broad SMARTS) is 2. The molecule has 8 heteroatoms. The topological polar surface area (TPSA) is 124 Å². The van der Waals surface area contributed by atoms with Crippen molar-refractivity contribution in [3.05, 3.63) is 29.6 Å². The molecule has 20 heavy (non-hydrogen) atoms. The van der Waals surface area contributed by atoms with Gasteiger partial charge in [0, 0.05) is 12.5 Å². The fourth-order valence-corrected chi connectivity index (χ4v) is 1.45. The third-order valence-electron chi connectivity index (χ3n) is 2.45. The molecule has 7 nitrogen and oxygen atoms in total. The molecule has 0 saturated carbocycles. The third-order valence-corrected chi connectivity index (χ3v) is 2.45. The van der Waals surface area contributed by atoms with Gasteiger partial charge < -0.3 is 20.6 Å². The Morgan fingerprint density at radius 1 is 1.25 bits per heavy atom. The van der Waals surface area contributed by atoms with Crippen molar-refractivity contribution in [3.63, 3.8) is 0 Å². The molecule has 0 spiro atoms. The Bertz CT molecular complexity index is 545. The van der Waals surface area contributed by atoms with Crippen molar-refractivity contribution >= 4 is 17.8 Å². The molecule has 0 aliphatic carbocycles. The van der Waals surface area contributed by atoms with E-state index >= 15 is 0 Å². The zero-order valence-electron chi connectivity index (χ0n) is 10.2. The predicted molar refractivity (Wildman–Crippen MR) is 63.8 cm³/mol. The summed E-state index contributed by atoms with van der Waals surface area (Å²) >= 11 is 0. The standard InChI is InChI=1S/C12H12FNO6/c13-8-5-6(15)1-2-7(8)11(18)14-9(12(19)20)3-4-10(16)17/h1-2,5,9,15H,3-4H2,(H,14,18)(H,16,17)(H,19,20)/t9-/m0/s1. The van der Waals surface area contributed by atoms with Crippen LogP contribution in [0, 0.1) is 5.82 Å². The normalized spacial score (nSPS) is 11.7. The highest BCUT2D eigenvalue weighted by atomic mass is 19.1. The minimum Gasteiger partial charge on any atom is -0.508 e. The highest BCUT2D eigenvalue weighted by Gasteiger charge is 2.23. The summed E-state index contributed by atoms with van der Waals surface area (Å²) < 4.78 is 13.4. The third kappa shape index (κ3) is 4.23. The Hall–Kier alpha value is -2.64. The van der Waals surface area contributed by atoms with E-state index in [1.165, 1.54) is 0 Å². The lowest BCUT2D eigenvalue weighted by Crippen LogP contribution is -2.41. The van der Waals surface area contributed by atoms with Crippen molar-refractivity contribution in [2.24, 2.45) is 0 Å². The van der Waals surface area contributed by atoms with Gasteiger partial charge in [-0.25, -0.2) is 9.18 Å². The van der Waals surface area contributed by atoms with Crippen LogP contribution in [0.1, 0.15) is 23.2 Å². The Balaban J connectivity index is 2.80. The Kier molecular flexibility index (Phi) is 5.01. The van der Waals surface area contributed by atoms with Gasteiger partial charge in [0.1, 0.15) is 17.6 Å². The summed E-state index contributed by atoms with van der Waals surface area (Å²) in [5.74, 6) is -5.01. The number of carboxylic acids is 2. The van der Waals surface area contributed by atoms with Crippen molar-refractivity contribution < 1.29 is 34.1 Å².